The maximum atomic E-state index is 11.8. The Morgan fingerprint density at radius 1 is 1.10 bits per heavy atom. The molecule has 4 nitrogen and oxygen atoms in total. The third-order valence-corrected chi connectivity index (χ3v) is 5.21. The Bertz CT molecular complexity index is 396. The van der Waals surface area contributed by atoms with Crippen molar-refractivity contribution in [1.29, 1.82) is 0 Å². The summed E-state index contributed by atoms with van der Waals surface area (Å²) in [5, 5.41) is 10.4. The standard InChI is InChI=1S/C17H28O4/c1-11(18)10-16(19)21-15-9-5-6-12-13(15)7-4-8-14(12)17(2,3)20/h12-15,20H,4-10H2,1-3H3/t12?,13?,14-,15+/m0/s1. The number of esters is 1. The molecule has 2 fully saturated rings. The van der Waals surface area contributed by atoms with Gasteiger partial charge in [0.25, 0.3) is 0 Å². The minimum atomic E-state index is -0.672. The summed E-state index contributed by atoms with van der Waals surface area (Å²) in [5.41, 5.74) is -0.672. The van der Waals surface area contributed by atoms with Crippen LogP contribution in [0.25, 0.3) is 0 Å². The SMILES string of the molecule is CC(=O)CC(=O)O[C@@H]1CCCC2C1CCC[C@@H]2C(C)(C)O. The van der Waals surface area contributed by atoms with Gasteiger partial charge in [0.1, 0.15) is 18.3 Å². The fraction of sp³-hybridized carbons (Fsp3) is 0.882. The van der Waals surface area contributed by atoms with Gasteiger partial charge in [-0.05, 0) is 70.6 Å². The van der Waals surface area contributed by atoms with E-state index in [1.165, 1.54) is 6.92 Å². The second kappa shape index (κ2) is 6.47. The van der Waals surface area contributed by atoms with Gasteiger partial charge in [0, 0.05) is 0 Å². The van der Waals surface area contributed by atoms with Crippen LogP contribution >= 0.6 is 0 Å². The summed E-state index contributed by atoms with van der Waals surface area (Å²) in [6.45, 7) is 5.20. The third kappa shape index (κ3) is 4.06. The van der Waals surface area contributed by atoms with Crippen molar-refractivity contribution in [2.75, 3.05) is 0 Å². The molecule has 0 saturated heterocycles. The number of carbonyl (C=O) groups is 2. The molecule has 2 aliphatic carbocycles. The van der Waals surface area contributed by atoms with E-state index in [4.69, 9.17) is 4.74 Å². The zero-order valence-corrected chi connectivity index (χ0v) is 13.4. The number of hydrogen-bond acceptors (Lipinski definition) is 4. The number of hydrogen-bond donors (Lipinski definition) is 1. The summed E-state index contributed by atoms with van der Waals surface area (Å²) in [6, 6.07) is 0. The molecular weight excluding hydrogens is 268 g/mol. The van der Waals surface area contributed by atoms with Crippen LogP contribution in [-0.2, 0) is 14.3 Å². The monoisotopic (exact) mass is 296 g/mol. The fourth-order valence-electron chi connectivity index (χ4n) is 4.38. The topological polar surface area (TPSA) is 63.6 Å². The van der Waals surface area contributed by atoms with Crippen molar-refractivity contribution < 1.29 is 19.4 Å². The van der Waals surface area contributed by atoms with Gasteiger partial charge < -0.3 is 9.84 Å². The molecule has 120 valence electrons. The summed E-state index contributed by atoms with van der Waals surface area (Å²) < 4.78 is 5.59. The smallest absolute Gasteiger partial charge is 0.313 e. The van der Waals surface area contributed by atoms with E-state index in [1.807, 2.05) is 13.8 Å². The molecule has 2 aliphatic rings. The lowest BCUT2D eigenvalue weighted by Gasteiger charge is -2.48. The van der Waals surface area contributed by atoms with Crippen molar-refractivity contribution in [3.63, 3.8) is 0 Å². The number of ether oxygens (including phenoxy) is 1. The highest BCUT2D eigenvalue weighted by molar-refractivity contribution is 5.94. The third-order valence-electron chi connectivity index (χ3n) is 5.21. The summed E-state index contributed by atoms with van der Waals surface area (Å²) >= 11 is 0. The van der Waals surface area contributed by atoms with E-state index < -0.39 is 11.6 Å². The van der Waals surface area contributed by atoms with Gasteiger partial charge in [-0.1, -0.05) is 6.42 Å². The number of aliphatic hydroxyl groups is 1. The Morgan fingerprint density at radius 3 is 2.33 bits per heavy atom. The summed E-state index contributed by atoms with van der Waals surface area (Å²) in [6.07, 6.45) is 6.05. The van der Waals surface area contributed by atoms with Crippen molar-refractivity contribution in [3.8, 4) is 0 Å². The van der Waals surface area contributed by atoms with Gasteiger partial charge >= 0.3 is 5.97 Å². The molecule has 1 N–H and O–H groups in total. The van der Waals surface area contributed by atoms with Gasteiger partial charge in [0.05, 0.1) is 5.60 Å². The molecule has 2 unspecified atom stereocenters. The molecule has 0 aliphatic heterocycles. The molecule has 0 aromatic rings. The molecule has 0 aromatic carbocycles. The average Bonchev–Trinajstić information content (AvgIpc) is 2.36. The first-order valence-corrected chi connectivity index (χ1v) is 8.20. The van der Waals surface area contributed by atoms with Gasteiger partial charge in [-0.2, -0.15) is 0 Å². The molecule has 0 amide bonds. The van der Waals surface area contributed by atoms with Gasteiger partial charge in [0.2, 0.25) is 0 Å². The van der Waals surface area contributed by atoms with Crippen LogP contribution in [0.4, 0.5) is 0 Å². The van der Waals surface area contributed by atoms with Gasteiger partial charge in [-0.15, -0.1) is 0 Å². The lowest BCUT2D eigenvalue weighted by molar-refractivity contribution is -0.161. The Hall–Kier alpha value is -0.900. The highest BCUT2D eigenvalue weighted by Crippen LogP contribution is 2.48. The summed E-state index contributed by atoms with van der Waals surface area (Å²) in [5.74, 6) is 0.525. The normalized spacial score (nSPS) is 33.1. The second-order valence-electron chi connectivity index (χ2n) is 7.36. The second-order valence-corrected chi connectivity index (χ2v) is 7.36. The van der Waals surface area contributed by atoms with E-state index in [0.717, 1.165) is 38.5 Å². The van der Waals surface area contributed by atoms with E-state index in [1.54, 1.807) is 0 Å². The van der Waals surface area contributed by atoms with E-state index in [9.17, 15) is 14.7 Å². The number of rotatable bonds is 4. The molecular formula is C17H28O4. The van der Waals surface area contributed by atoms with E-state index in [0.29, 0.717) is 11.8 Å². The highest BCUT2D eigenvalue weighted by Gasteiger charge is 2.46. The Kier molecular flexibility index (Phi) is 5.07. The molecule has 2 saturated carbocycles. The van der Waals surface area contributed by atoms with E-state index in [-0.39, 0.29) is 24.2 Å². The Labute approximate surface area is 127 Å². The summed E-state index contributed by atoms with van der Waals surface area (Å²) in [4.78, 5) is 22.8. The zero-order valence-electron chi connectivity index (χ0n) is 13.4. The minimum Gasteiger partial charge on any atom is -0.462 e. The van der Waals surface area contributed by atoms with Gasteiger partial charge in [0.15, 0.2) is 0 Å². The predicted octanol–water partition coefficient (Wildman–Crippen LogP) is 2.86. The van der Waals surface area contributed by atoms with Gasteiger partial charge in [-0.25, -0.2) is 0 Å². The minimum absolute atomic E-state index is 0.0688. The molecule has 0 aromatic heterocycles. The fourth-order valence-corrected chi connectivity index (χ4v) is 4.38. The first-order valence-electron chi connectivity index (χ1n) is 8.20. The molecule has 4 heteroatoms. The molecule has 0 heterocycles. The maximum Gasteiger partial charge on any atom is 0.313 e. The average molecular weight is 296 g/mol. The quantitative estimate of drug-likeness (QED) is 0.640. The van der Waals surface area contributed by atoms with Crippen LogP contribution in [0.1, 0.15) is 65.7 Å². The summed E-state index contributed by atoms with van der Waals surface area (Å²) in [7, 11) is 0. The van der Waals surface area contributed by atoms with E-state index >= 15 is 0 Å². The van der Waals surface area contributed by atoms with Crippen LogP contribution in [0.15, 0.2) is 0 Å². The van der Waals surface area contributed by atoms with Crippen molar-refractivity contribution in [2.24, 2.45) is 17.8 Å². The first-order chi connectivity index (χ1) is 9.79. The van der Waals surface area contributed by atoms with Crippen LogP contribution in [-0.4, -0.2) is 28.6 Å². The van der Waals surface area contributed by atoms with Crippen LogP contribution in [0.5, 0.6) is 0 Å². The molecule has 2 rings (SSSR count). The number of carbonyl (C=O) groups excluding carboxylic acids is 2. The Balaban J connectivity index is 2.05. The van der Waals surface area contributed by atoms with Crippen LogP contribution < -0.4 is 0 Å². The van der Waals surface area contributed by atoms with Crippen molar-refractivity contribution in [3.05, 3.63) is 0 Å². The molecule has 0 radical (unpaired) electrons. The number of ketones is 1. The van der Waals surface area contributed by atoms with Crippen molar-refractivity contribution in [1.82, 2.24) is 0 Å². The van der Waals surface area contributed by atoms with Crippen LogP contribution in [0.2, 0.25) is 0 Å². The lowest BCUT2D eigenvalue weighted by Crippen LogP contribution is -2.48. The maximum absolute atomic E-state index is 11.8. The molecule has 4 atom stereocenters. The predicted molar refractivity (Wildman–Crippen MR) is 79.6 cm³/mol. The zero-order chi connectivity index (χ0) is 15.6. The van der Waals surface area contributed by atoms with Gasteiger partial charge in [-0.3, -0.25) is 9.59 Å². The largest absolute Gasteiger partial charge is 0.462 e. The molecule has 0 spiro atoms. The Morgan fingerprint density at radius 2 is 1.71 bits per heavy atom. The van der Waals surface area contributed by atoms with E-state index in [2.05, 4.69) is 0 Å². The van der Waals surface area contributed by atoms with Crippen LogP contribution in [0.3, 0.4) is 0 Å². The molecule has 21 heavy (non-hydrogen) atoms. The first kappa shape index (κ1) is 16.5. The van der Waals surface area contributed by atoms with Crippen molar-refractivity contribution >= 4 is 11.8 Å². The number of fused-ring (bicyclic) bond motifs is 1. The van der Waals surface area contributed by atoms with Crippen molar-refractivity contribution in [2.45, 2.75) is 77.4 Å². The number of Topliss-reactive ketones (excluding diaryl/α,β-unsaturated/α-hetero) is 1. The highest BCUT2D eigenvalue weighted by atomic mass is 16.5. The van der Waals surface area contributed by atoms with Crippen LogP contribution in [0, 0.1) is 17.8 Å². The molecule has 0 bridgehead atoms. The lowest BCUT2D eigenvalue weighted by atomic mass is 9.60.